The lowest BCUT2D eigenvalue weighted by molar-refractivity contribution is -0.131. The summed E-state index contributed by atoms with van der Waals surface area (Å²) in [4.78, 5) is 14.8. The summed E-state index contributed by atoms with van der Waals surface area (Å²) in [7, 11) is 1.92. The monoisotopic (exact) mass is 344 g/mol. The van der Waals surface area contributed by atoms with Crippen molar-refractivity contribution in [3.8, 4) is 0 Å². The Morgan fingerprint density at radius 3 is 2.76 bits per heavy atom. The Labute approximate surface area is 149 Å². The van der Waals surface area contributed by atoms with E-state index in [1.807, 2.05) is 30.5 Å². The van der Waals surface area contributed by atoms with Gasteiger partial charge < -0.3 is 9.47 Å². The van der Waals surface area contributed by atoms with E-state index in [0.29, 0.717) is 12.5 Å². The van der Waals surface area contributed by atoms with Crippen LogP contribution < -0.4 is 0 Å². The summed E-state index contributed by atoms with van der Waals surface area (Å²) in [5.41, 5.74) is 3.07. The van der Waals surface area contributed by atoms with Crippen molar-refractivity contribution in [1.29, 1.82) is 0 Å². The smallest absolute Gasteiger partial charge is 0.227 e. The number of rotatable bonds is 4. The van der Waals surface area contributed by atoms with Crippen LogP contribution in [-0.4, -0.2) is 48.4 Å². The van der Waals surface area contributed by atoms with Crippen LogP contribution in [0.25, 0.3) is 0 Å². The zero-order chi connectivity index (χ0) is 18.1. The minimum Gasteiger partial charge on any atom is -0.342 e. The molecule has 0 spiro atoms. The minimum atomic E-state index is 0.180. The van der Waals surface area contributed by atoms with Crippen LogP contribution in [0.15, 0.2) is 6.33 Å². The molecule has 2 aromatic rings. The van der Waals surface area contributed by atoms with Gasteiger partial charge >= 0.3 is 0 Å². The molecule has 1 saturated heterocycles. The summed E-state index contributed by atoms with van der Waals surface area (Å²) in [6.07, 6.45) is 4.28. The fraction of sp³-hybridized carbons (Fsp3) is 0.667. The van der Waals surface area contributed by atoms with Crippen molar-refractivity contribution in [2.24, 2.45) is 7.05 Å². The Balaban J connectivity index is 1.72. The maximum Gasteiger partial charge on any atom is 0.227 e. The van der Waals surface area contributed by atoms with E-state index >= 15 is 0 Å². The van der Waals surface area contributed by atoms with Crippen molar-refractivity contribution in [1.82, 2.24) is 29.4 Å². The number of carbonyl (C=O) groups is 1. The number of hydrogen-bond acceptors (Lipinski definition) is 4. The molecule has 1 aliphatic heterocycles. The molecule has 0 aliphatic carbocycles. The molecule has 7 heteroatoms. The van der Waals surface area contributed by atoms with Gasteiger partial charge in [-0.2, -0.15) is 5.10 Å². The summed E-state index contributed by atoms with van der Waals surface area (Å²) in [6, 6.07) is 0.330. The van der Waals surface area contributed by atoms with Crippen LogP contribution in [-0.2, 0) is 18.3 Å². The zero-order valence-corrected chi connectivity index (χ0v) is 15.9. The molecule has 0 radical (unpaired) electrons. The molecule has 7 nitrogen and oxygen atoms in total. The molecule has 0 saturated carbocycles. The summed E-state index contributed by atoms with van der Waals surface area (Å²) < 4.78 is 3.97. The van der Waals surface area contributed by atoms with Gasteiger partial charge in [0.05, 0.1) is 12.1 Å². The van der Waals surface area contributed by atoms with Crippen molar-refractivity contribution < 1.29 is 4.79 Å². The molecule has 0 bridgehead atoms. The van der Waals surface area contributed by atoms with Crippen LogP contribution >= 0.6 is 0 Å². The Morgan fingerprint density at radius 2 is 2.12 bits per heavy atom. The predicted octanol–water partition coefficient (Wildman–Crippen LogP) is 2.16. The average Bonchev–Trinajstić information content (AvgIpc) is 3.16. The molecule has 1 aliphatic rings. The first kappa shape index (κ1) is 17.6. The molecule has 136 valence electrons. The van der Waals surface area contributed by atoms with Crippen LogP contribution in [0.4, 0.5) is 0 Å². The normalized spacial score (nSPS) is 18.2. The Hall–Kier alpha value is -2.18. The van der Waals surface area contributed by atoms with E-state index in [4.69, 9.17) is 0 Å². The zero-order valence-electron chi connectivity index (χ0n) is 15.9. The van der Waals surface area contributed by atoms with Gasteiger partial charge in [-0.3, -0.25) is 9.48 Å². The van der Waals surface area contributed by atoms with Crippen LogP contribution in [0.3, 0.4) is 0 Å². The molecule has 0 N–H and O–H groups in total. The van der Waals surface area contributed by atoms with E-state index in [1.165, 1.54) is 0 Å². The summed E-state index contributed by atoms with van der Waals surface area (Å²) in [5, 5.41) is 12.8. The number of carbonyl (C=O) groups excluding carboxylic acids is 1. The first-order chi connectivity index (χ1) is 11.9. The molecule has 1 amide bonds. The minimum absolute atomic E-state index is 0.180. The molecule has 0 unspecified atom stereocenters. The highest BCUT2D eigenvalue weighted by Gasteiger charge is 2.29. The maximum absolute atomic E-state index is 12.9. The third-order valence-electron chi connectivity index (χ3n) is 5.28. The van der Waals surface area contributed by atoms with Crippen molar-refractivity contribution in [3.63, 3.8) is 0 Å². The lowest BCUT2D eigenvalue weighted by atomic mass is 9.96. The van der Waals surface area contributed by atoms with E-state index in [0.717, 1.165) is 48.7 Å². The molecule has 3 heterocycles. The third-order valence-corrected chi connectivity index (χ3v) is 5.28. The molecule has 25 heavy (non-hydrogen) atoms. The molecule has 1 fully saturated rings. The maximum atomic E-state index is 12.9. The number of hydrogen-bond donors (Lipinski definition) is 0. The van der Waals surface area contributed by atoms with Gasteiger partial charge in [0.15, 0.2) is 0 Å². The van der Waals surface area contributed by atoms with E-state index < -0.39 is 0 Å². The summed E-state index contributed by atoms with van der Waals surface area (Å²) in [5.74, 6) is 1.44. The van der Waals surface area contributed by atoms with E-state index in [9.17, 15) is 4.79 Å². The molecular formula is C18H28N6O. The van der Waals surface area contributed by atoms with Crippen LogP contribution in [0.2, 0.25) is 0 Å². The second-order valence-corrected chi connectivity index (χ2v) is 7.32. The first-order valence-electron chi connectivity index (χ1n) is 9.04. The highest BCUT2D eigenvalue weighted by molar-refractivity contribution is 5.79. The van der Waals surface area contributed by atoms with Gasteiger partial charge in [-0.05, 0) is 40.5 Å². The summed E-state index contributed by atoms with van der Waals surface area (Å²) >= 11 is 0. The van der Waals surface area contributed by atoms with Crippen LogP contribution in [0.1, 0.15) is 61.4 Å². The molecule has 2 aromatic heterocycles. The average molecular weight is 344 g/mol. The van der Waals surface area contributed by atoms with Gasteiger partial charge in [-0.15, -0.1) is 10.2 Å². The highest BCUT2D eigenvalue weighted by atomic mass is 16.2. The largest absolute Gasteiger partial charge is 0.342 e. The van der Waals surface area contributed by atoms with Gasteiger partial charge in [0.1, 0.15) is 12.2 Å². The lowest BCUT2D eigenvalue weighted by Crippen LogP contribution is -2.40. The van der Waals surface area contributed by atoms with E-state index in [1.54, 1.807) is 6.33 Å². The summed E-state index contributed by atoms with van der Waals surface area (Å²) in [6.45, 7) is 9.80. The molecular weight excluding hydrogens is 316 g/mol. The van der Waals surface area contributed by atoms with Crippen molar-refractivity contribution in [2.75, 3.05) is 13.1 Å². The van der Waals surface area contributed by atoms with Gasteiger partial charge in [-0.1, -0.05) is 0 Å². The Bertz CT molecular complexity index is 760. The van der Waals surface area contributed by atoms with Gasteiger partial charge in [0, 0.05) is 43.4 Å². The van der Waals surface area contributed by atoms with Crippen molar-refractivity contribution in [3.05, 3.63) is 29.1 Å². The Kier molecular flexibility index (Phi) is 4.92. The third kappa shape index (κ3) is 3.45. The first-order valence-corrected chi connectivity index (χ1v) is 9.04. The van der Waals surface area contributed by atoms with Crippen molar-refractivity contribution in [2.45, 2.75) is 58.9 Å². The Morgan fingerprint density at radius 1 is 1.36 bits per heavy atom. The molecule has 0 aromatic carbocycles. The topological polar surface area (TPSA) is 68.8 Å². The van der Waals surface area contributed by atoms with Gasteiger partial charge in [0.2, 0.25) is 5.91 Å². The number of nitrogens with zero attached hydrogens (tertiary/aromatic N) is 6. The molecule has 3 rings (SSSR count). The van der Waals surface area contributed by atoms with Crippen LogP contribution in [0, 0.1) is 13.8 Å². The standard InChI is InChI=1S/C18H28N6O/c1-12(2)24-11-19-20-18(24)15-7-6-8-23(10-15)17(25)9-16-13(3)21-22(5)14(16)4/h11-12,15H,6-10H2,1-5H3/t15-/m1/s1. The second kappa shape index (κ2) is 6.98. The van der Waals surface area contributed by atoms with Gasteiger partial charge in [-0.25, -0.2) is 0 Å². The SMILES string of the molecule is Cc1nn(C)c(C)c1CC(=O)N1CCC[C@@H](c2nncn2C(C)C)C1. The fourth-order valence-corrected chi connectivity index (χ4v) is 3.69. The second-order valence-electron chi connectivity index (χ2n) is 7.32. The quantitative estimate of drug-likeness (QED) is 0.852. The number of likely N-dealkylation sites (tertiary alicyclic amines) is 1. The lowest BCUT2D eigenvalue weighted by Gasteiger charge is -2.33. The number of piperidine rings is 1. The number of aromatic nitrogens is 5. The van der Waals surface area contributed by atoms with E-state index in [-0.39, 0.29) is 11.8 Å². The number of amides is 1. The number of aryl methyl sites for hydroxylation is 2. The fourth-order valence-electron chi connectivity index (χ4n) is 3.69. The van der Waals surface area contributed by atoms with Crippen LogP contribution in [0.5, 0.6) is 0 Å². The van der Waals surface area contributed by atoms with Crippen molar-refractivity contribution >= 4 is 5.91 Å². The van der Waals surface area contributed by atoms with Gasteiger partial charge in [0.25, 0.3) is 0 Å². The predicted molar refractivity (Wildman–Crippen MR) is 95.3 cm³/mol. The highest BCUT2D eigenvalue weighted by Crippen LogP contribution is 2.27. The molecule has 1 atom stereocenters. The van der Waals surface area contributed by atoms with E-state index in [2.05, 4.69) is 33.7 Å².